The molecule has 2 N–H and O–H groups in total. The molecule has 1 saturated carbocycles. The van der Waals surface area contributed by atoms with Crippen molar-refractivity contribution in [1.82, 2.24) is 19.9 Å². The van der Waals surface area contributed by atoms with E-state index in [2.05, 4.69) is 20.3 Å². The summed E-state index contributed by atoms with van der Waals surface area (Å²) in [6, 6.07) is 2.12. The molecule has 2 aromatic heterocycles. The highest BCUT2D eigenvalue weighted by Crippen LogP contribution is 2.47. The molecule has 5 rings (SSSR count). The van der Waals surface area contributed by atoms with Gasteiger partial charge < -0.3 is 19.9 Å². The second-order valence-electron chi connectivity index (χ2n) is 10.1. The minimum Gasteiger partial charge on any atom is -0.372 e. The van der Waals surface area contributed by atoms with Gasteiger partial charge in [-0.3, -0.25) is 9.59 Å². The molecule has 1 saturated heterocycles. The highest BCUT2D eigenvalue weighted by atomic mass is 19.4. The lowest BCUT2D eigenvalue weighted by molar-refractivity contribution is -0.138. The number of halogens is 4. The molecule has 3 atom stereocenters. The van der Waals surface area contributed by atoms with Crippen LogP contribution >= 0.6 is 0 Å². The molecule has 0 bridgehead atoms. The second-order valence-corrected chi connectivity index (χ2v) is 10.1. The van der Waals surface area contributed by atoms with E-state index in [1.165, 1.54) is 19.2 Å². The number of fused-ring (bicyclic) bond motifs is 1. The maximum Gasteiger partial charge on any atom is 0.416 e. The quantitative estimate of drug-likeness (QED) is 0.465. The van der Waals surface area contributed by atoms with E-state index in [4.69, 9.17) is 4.74 Å². The van der Waals surface area contributed by atoms with E-state index in [0.29, 0.717) is 25.9 Å². The predicted molar refractivity (Wildman–Crippen MR) is 131 cm³/mol. The number of aromatic nitrogens is 3. The zero-order valence-corrected chi connectivity index (χ0v) is 21.0. The van der Waals surface area contributed by atoms with Crippen molar-refractivity contribution in [2.75, 3.05) is 18.4 Å². The van der Waals surface area contributed by atoms with Crippen LogP contribution in [-0.4, -0.2) is 51.1 Å². The molecule has 1 amide bonds. The molecule has 1 aromatic carbocycles. The molecule has 3 aromatic rings. The van der Waals surface area contributed by atoms with Crippen LogP contribution in [0.15, 0.2) is 29.2 Å². The molecule has 1 aliphatic carbocycles. The summed E-state index contributed by atoms with van der Waals surface area (Å²) in [6.45, 7) is 5.87. The number of carbonyl (C=O) groups is 1. The average molecular weight is 534 g/mol. The van der Waals surface area contributed by atoms with Crippen LogP contribution in [0.4, 0.5) is 23.4 Å². The van der Waals surface area contributed by atoms with Crippen molar-refractivity contribution in [3.63, 3.8) is 0 Å². The Morgan fingerprint density at radius 1 is 1.18 bits per heavy atom. The van der Waals surface area contributed by atoms with Crippen molar-refractivity contribution in [3.8, 4) is 0 Å². The van der Waals surface area contributed by atoms with Crippen LogP contribution in [0, 0.1) is 18.7 Å². The molecule has 0 unspecified atom stereocenters. The molecule has 202 valence electrons. The first-order chi connectivity index (χ1) is 17.9. The first kappa shape index (κ1) is 26.1. The number of aryl methyl sites for hydroxylation is 1. The van der Waals surface area contributed by atoms with Crippen LogP contribution in [0.2, 0.25) is 0 Å². The minimum atomic E-state index is -4.73. The molecule has 2 fully saturated rings. The van der Waals surface area contributed by atoms with Crippen LogP contribution in [-0.2, 0) is 10.9 Å². The molecular weight excluding hydrogens is 506 g/mol. The number of rotatable bonds is 5. The largest absolute Gasteiger partial charge is 0.416 e. The van der Waals surface area contributed by atoms with E-state index in [-0.39, 0.29) is 51.8 Å². The van der Waals surface area contributed by atoms with Gasteiger partial charge in [-0.15, -0.1) is 0 Å². The Hall–Kier alpha value is -3.54. The number of ether oxygens (including phenoxy) is 1. The summed E-state index contributed by atoms with van der Waals surface area (Å²) in [7, 11) is 0. The summed E-state index contributed by atoms with van der Waals surface area (Å²) in [4.78, 5) is 37.6. The lowest BCUT2D eigenvalue weighted by Crippen LogP contribution is -2.48. The fourth-order valence-electron chi connectivity index (χ4n) is 5.04. The number of benzene rings is 1. The van der Waals surface area contributed by atoms with Gasteiger partial charge in [0.25, 0.3) is 11.5 Å². The molecule has 8 nitrogen and oxygen atoms in total. The average Bonchev–Trinajstić information content (AvgIpc) is 3.66. The standard InChI is InChI=1S/C26H27F4N5O3/c1-12-10-35(11-13(2)38-12)25(37)16-6-20(27)23(31-9-16)34-22(15-4-5-15)17-7-18-21(8-19(17)26(28,29)30)32-14(3)33-24(18)36/h6-9,12-13,15,22H,4-5,10-11H2,1-3H3,(H,31,34)(H,32,33,36)/t12-,13+,22-/m0/s1. The number of alkyl halides is 3. The SMILES string of the molecule is Cc1nc2cc(C(F)(F)F)c([C@@H](Nc3ncc(C(=O)N4C[C@@H](C)O[C@@H](C)C4)cc3F)C3CC3)cc2c(=O)[nH]1. The van der Waals surface area contributed by atoms with Crippen LogP contribution in [0.1, 0.15) is 60.0 Å². The third-order valence-corrected chi connectivity index (χ3v) is 6.82. The Morgan fingerprint density at radius 2 is 1.87 bits per heavy atom. The normalized spacial score (nSPS) is 21.0. The number of hydrogen-bond acceptors (Lipinski definition) is 6. The molecule has 1 aliphatic heterocycles. The number of aromatic amines is 1. The summed E-state index contributed by atoms with van der Waals surface area (Å²) in [5, 5.41) is 2.84. The van der Waals surface area contributed by atoms with Gasteiger partial charge in [-0.2, -0.15) is 13.2 Å². The Morgan fingerprint density at radius 3 is 2.47 bits per heavy atom. The van der Waals surface area contributed by atoms with Crippen LogP contribution < -0.4 is 10.9 Å². The van der Waals surface area contributed by atoms with Crippen LogP contribution in [0.5, 0.6) is 0 Å². The number of morpholine rings is 1. The second kappa shape index (κ2) is 9.64. The van der Waals surface area contributed by atoms with Gasteiger partial charge in [-0.1, -0.05) is 0 Å². The lowest BCUT2D eigenvalue weighted by Gasteiger charge is -2.35. The number of H-pyrrole nitrogens is 1. The summed E-state index contributed by atoms with van der Waals surface area (Å²) in [5.74, 6) is -1.56. The minimum absolute atomic E-state index is 0.00870. The number of carbonyl (C=O) groups excluding carboxylic acids is 1. The fraction of sp³-hybridized carbons (Fsp3) is 0.462. The molecule has 0 spiro atoms. The lowest BCUT2D eigenvalue weighted by atomic mass is 9.94. The van der Waals surface area contributed by atoms with Crippen molar-refractivity contribution in [1.29, 1.82) is 0 Å². The third-order valence-electron chi connectivity index (χ3n) is 6.82. The first-order valence-corrected chi connectivity index (χ1v) is 12.4. The van der Waals surface area contributed by atoms with Gasteiger partial charge >= 0.3 is 6.18 Å². The van der Waals surface area contributed by atoms with Crippen LogP contribution in [0.25, 0.3) is 10.9 Å². The molecule has 12 heteroatoms. The Kier molecular flexibility index (Phi) is 6.62. The maximum absolute atomic E-state index is 15.2. The van der Waals surface area contributed by atoms with Crippen LogP contribution in [0.3, 0.4) is 0 Å². The highest BCUT2D eigenvalue weighted by Gasteiger charge is 2.41. The van der Waals surface area contributed by atoms with Crippen molar-refractivity contribution in [3.05, 3.63) is 63.1 Å². The molecule has 3 heterocycles. The third kappa shape index (κ3) is 5.22. The van der Waals surface area contributed by atoms with Gasteiger partial charge in [0.05, 0.1) is 40.3 Å². The van der Waals surface area contributed by atoms with E-state index in [9.17, 15) is 22.8 Å². The Labute approximate surface area is 215 Å². The number of amides is 1. The van der Waals surface area contributed by atoms with E-state index in [1.54, 1.807) is 4.90 Å². The van der Waals surface area contributed by atoms with E-state index in [1.807, 2.05) is 13.8 Å². The number of hydrogen-bond donors (Lipinski definition) is 2. The molecule has 2 aliphatic rings. The van der Waals surface area contributed by atoms with Gasteiger partial charge in [-0.05, 0) is 63.3 Å². The van der Waals surface area contributed by atoms with Crippen molar-refractivity contribution >= 4 is 22.6 Å². The van der Waals surface area contributed by atoms with Crippen molar-refractivity contribution in [2.45, 2.75) is 58.0 Å². The zero-order chi connectivity index (χ0) is 27.4. The first-order valence-electron chi connectivity index (χ1n) is 12.4. The zero-order valence-electron chi connectivity index (χ0n) is 21.0. The van der Waals surface area contributed by atoms with E-state index in [0.717, 1.165) is 12.1 Å². The number of pyridine rings is 1. The summed E-state index contributed by atoms with van der Waals surface area (Å²) < 4.78 is 63.2. The van der Waals surface area contributed by atoms with E-state index >= 15 is 4.39 Å². The maximum atomic E-state index is 15.2. The van der Waals surface area contributed by atoms with Gasteiger partial charge in [0.1, 0.15) is 5.82 Å². The van der Waals surface area contributed by atoms with Gasteiger partial charge in [0.2, 0.25) is 0 Å². The molecule has 38 heavy (non-hydrogen) atoms. The Bertz CT molecular complexity index is 1440. The number of nitrogens with zero attached hydrogens (tertiary/aromatic N) is 3. The topological polar surface area (TPSA) is 100 Å². The fourth-order valence-corrected chi connectivity index (χ4v) is 5.04. The van der Waals surface area contributed by atoms with Gasteiger partial charge in [0.15, 0.2) is 11.6 Å². The number of anilines is 1. The molecular formula is C26H27F4N5O3. The highest BCUT2D eigenvalue weighted by molar-refractivity contribution is 5.94. The van der Waals surface area contributed by atoms with Gasteiger partial charge in [-0.25, -0.2) is 14.4 Å². The summed E-state index contributed by atoms with van der Waals surface area (Å²) in [6.07, 6.45) is -2.60. The predicted octanol–water partition coefficient (Wildman–Crippen LogP) is 4.60. The summed E-state index contributed by atoms with van der Waals surface area (Å²) in [5.41, 5.74) is -1.73. The van der Waals surface area contributed by atoms with Crippen molar-refractivity contribution < 1.29 is 27.1 Å². The Balaban J connectivity index is 1.49. The number of nitrogens with one attached hydrogen (secondary N) is 2. The van der Waals surface area contributed by atoms with E-state index < -0.39 is 35.1 Å². The monoisotopic (exact) mass is 533 g/mol. The summed E-state index contributed by atoms with van der Waals surface area (Å²) >= 11 is 0. The van der Waals surface area contributed by atoms with Gasteiger partial charge in [0, 0.05) is 19.3 Å². The van der Waals surface area contributed by atoms with Crippen molar-refractivity contribution in [2.24, 2.45) is 5.92 Å². The smallest absolute Gasteiger partial charge is 0.372 e. The molecule has 0 radical (unpaired) electrons.